The van der Waals surface area contributed by atoms with Gasteiger partial charge >= 0.3 is 5.97 Å². The minimum Gasteiger partial charge on any atom is -0.493 e. The Bertz CT molecular complexity index is 1120. The van der Waals surface area contributed by atoms with Gasteiger partial charge in [-0.05, 0) is 36.4 Å². The quantitative estimate of drug-likeness (QED) is 0.463. The molecule has 0 amide bonds. The predicted octanol–water partition coefficient (Wildman–Crippen LogP) is 3.43. The second-order valence-electron chi connectivity index (χ2n) is 5.92. The summed E-state index contributed by atoms with van der Waals surface area (Å²) >= 11 is 0. The maximum absolute atomic E-state index is 13.0. The smallest absolute Gasteiger partial charge is 0.363 e. The molecule has 0 fully saturated rings. The Morgan fingerprint density at radius 3 is 2.62 bits per heavy atom. The van der Waals surface area contributed by atoms with Crippen LogP contribution in [0.3, 0.4) is 0 Å². The lowest BCUT2D eigenvalue weighted by molar-refractivity contribution is 0.0419. The van der Waals surface area contributed by atoms with Crippen molar-refractivity contribution in [2.75, 3.05) is 7.11 Å². The zero-order valence-corrected chi connectivity index (χ0v) is 15.3. The van der Waals surface area contributed by atoms with E-state index in [4.69, 9.17) is 14.0 Å². The number of nitrogens with zero attached hydrogens (tertiary/aromatic N) is 4. The number of carbonyl (C=O) groups is 1. The number of hydrogen-bond acceptors (Lipinski definition) is 7. The fraction of sp³-hybridized carbons (Fsp3) is 0.100. The molecule has 0 spiro atoms. The highest BCUT2D eigenvalue weighted by molar-refractivity contribution is 5.90. The standard InChI is InChI=1S/C20H15FN4O4/c1-27-16-11-25(15-5-3-2-4-6-15)23-18(16)20(26)28-12-17-22-19(24-29-17)13-7-9-14(21)10-8-13/h2-11H,12H2,1H3. The van der Waals surface area contributed by atoms with E-state index in [0.29, 0.717) is 5.56 Å². The topological polar surface area (TPSA) is 92.3 Å². The zero-order valence-electron chi connectivity index (χ0n) is 15.3. The summed E-state index contributed by atoms with van der Waals surface area (Å²) in [4.78, 5) is 16.6. The molecule has 4 aromatic rings. The van der Waals surface area contributed by atoms with Crippen LogP contribution in [0.1, 0.15) is 16.4 Å². The van der Waals surface area contributed by atoms with E-state index in [-0.39, 0.29) is 35.6 Å². The molecular formula is C20H15FN4O4. The number of ether oxygens (including phenoxy) is 2. The first-order valence-electron chi connectivity index (χ1n) is 8.59. The van der Waals surface area contributed by atoms with Crippen LogP contribution in [0.4, 0.5) is 4.39 Å². The summed E-state index contributed by atoms with van der Waals surface area (Å²) in [5.41, 5.74) is 1.37. The van der Waals surface area contributed by atoms with Gasteiger partial charge in [0.05, 0.1) is 19.0 Å². The maximum atomic E-state index is 13.0. The van der Waals surface area contributed by atoms with E-state index in [1.165, 1.54) is 36.1 Å². The molecule has 0 aliphatic rings. The number of aromatic nitrogens is 4. The molecule has 8 nitrogen and oxygen atoms in total. The normalized spacial score (nSPS) is 10.7. The first kappa shape index (κ1) is 18.4. The fourth-order valence-electron chi connectivity index (χ4n) is 2.59. The van der Waals surface area contributed by atoms with Crippen LogP contribution >= 0.6 is 0 Å². The first-order chi connectivity index (χ1) is 14.1. The molecule has 0 atom stereocenters. The van der Waals surface area contributed by atoms with Gasteiger partial charge in [-0.2, -0.15) is 10.1 Å². The van der Waals surface area contributed by atoms with Gasteiger partial charge in [0, 0.05) is 5.56 Å². The van der Waals surface area contributed by atoms with Crippen LogP contribution in [0.25, 0.3) is 17.1 Å². The highest BCUT2D eigenvalue weighted by Gasteiger charge is 2.21. The van der Waals surface area contributed by atoms with Crippen molar-refractivity contribution in [1.29, 1.82) is 0 Å². The Balaban J connectivity index is 1.46. The van der Waals surface area contributed by atoms with Crippen molar-refractivity contribution in [3.05, 3.63) is 78.2 Å². The lowest BCUT2D eigenvalue weighted by Gasteiger charge is -2.01. The van der Waals surface area contributed by atoms with Gasteiger partial charge in [0.15, 0.2) is 12.4 Å². The number of hydrogen-bond donors (Lipinski definition) is 0. The number of methoxy groups -OCH3 is 1. The van der Waals surface area contributed by atoms with Crippen LogP contribution in [0.2, 0.25) is 0 Å². The highest BCUT2D eigenvalue weighted by Crippen LogP contribution is 2.21. The number of rotatable bonds is 6. The summed E-state index contributed by atoms with van der Waals surface area (Å²) in [7, 11) is 1.44. The molecule has 146 valence electrons. The Morgan fingerprint density at radius 1 is 1.14 bits per heavy atom. The van der Waals surface area contributed by atoms with Crippen LogP contribution in [-0.4, -0.2) is 33.0 Å². The van der Waals surface area contributed by atoms with Crippen molar-refractivity contribution in [2.45, 2.75) is 6.61 Å². The third kappa shape index (κ3) is 3.98. The van der Waals surface area contributed by atoms with E-state index in [0.717, 1.165) is 5.69 Å². The van der Waals surface area contributed by atoms with E-state index >= 15 is 0 Å². The average molecular weight is 394 g/mol. The molecule has 0 aliphatic heterocycles. The molecule has 0 bridgehead atoms. The largest absolute Gasteiger partial charge is 0.493 e. The molecule has 0 N–H and O–H groups in total. The van der Waals surface area contributed by atoms with Gasteiger partial charge in [0.2, 0.25) is 11.5 Å². The Labute approximate surface area is 164 Å². The van der Waals surface area contributed by atoms with E-state index in [1.54, 1.807) is 6.20 Å². The lowest BCUT2D eigenvalue weighted by atomic mass is 10.2. The molecule has 2 aromatic heterocycles. The van der Waals surface area contributed by atoms with Crippen LogP contribution in [0, 0.1) is 5.82 Å². The predicted molar refractivity (Wildman–Crippen MR) is 98.9 cm³/mol. The minimum atomic E-state index is -0.696. The molecule has 29 heavy (non-hydrogen) atoms. The summed E-state index contributed by atoms with van der Waals surface area (Å²) in [6.45, 7) is -0.242. The first-order valence-corrected chi connectivity index (χ1v) is 8.59. The van der Waals surface area contributed by atoms with Crippen LogP contribution in [0.5, 0.6) is 5.75 Å². The molecule has 2 heterocycles. The number of carbonyl (C=O) groups excluding carboxylic acids is 1. The molecule has 0 aliphatic carbocycles. The summed E-state index contributed by atoms with van der Waals surface area (Å²) in [5, 5.41) is 8.04. The summed E-state index contributed by atoms with van der Waals surface area (Å²) < 4.78 is 30.1. The van der Waals surface area contributed by atoms with Gasteiger partial charge in [0.1, 0.15) is 5.82 Å². The van der Waals surface area contributed by atoms with Gasteiger partial charge in [0.25, 0.3) is 5.89 Å². The monoisotopic (exact) mass is 394 g/mol. The SMILES string of the molecule is COc1cn(-c2ccccc2)nc1C(=O)OCc1nc(-c2ccc(F)cc2)no1. The average Bonchev–Trinajstić information content (AvgIpc) is 3.40. The van der Waals surface area contributed by atoms with Crippen molar-refractivity contribution in [2.24, 2.45) is 0 Å². The van der Waals surface area contributed by atoms with Gasteiger partial charge in [-0.25, -0.2) is 13.9 Å². The van der Waals surface area contributed by atoms with Crippen LogP contribution in [-0.2, 0) is 11.3 Å². The van der Waals surface area contributed by atoms with Crippen molar-refractivity contribution in [3.63, 3.8) is 0 Å². The van der Waals surface area contributed by atoms with Crippen molar-refractivity contribution < 1.29 is 23.2 Å². The Hall–Kier alpha value is -4.01. The second kappa shape index (κ2) is 7.93. The Morgan fingerprint density at radius 2 is 1.90 bits per heavy atom. The van der Waals surface area contributed by atoms with Crippen molar-refractivity contribution in [1.82, 2.24) is 19.9 Å². The van der Waals surface area contributed by atoms with E-state index in [9.17, 15) is 9.18 Å². The molecule has 0 unspecified atom stereocenters. The molecule has 0 saturated carbocycles. The van der Waals surface area contributed by atoms with E-state index in [2.05, 4.69) is 15.2 Å². The minimum absolute atomic E-state index is 0.0228. The van der Waals surface area contributed by atoms with Gasteiger partial charge < -0.3 is 14.0 Å². The van der Waals surface area contributed by atoms with Gasteiger partial charge in [-0.1, -0.05) is 23.4 Å². The number of halogens is 1. The van der Waals surface area contributed by atoms with Gasteiger partial charge in [-0.15, -0.1) is 0 Å². The molecule has 0 radical (unpaired) electrons. The third-order valence-electron chi connectivity index (χ3n) is 4.01. The van der Waals surface area contributed by atoms with Crippen LogP contribution in [0.15, 0.2) is 65.3 Å². The summed E-state index contributed by atoms with van der Waals surface area (Å²) in [5.74, 6) is -0.425. The molecular weight excluding hydrogens is 379 g/mol. The molecule has 2 aromatic carbocycles. The number of para-hydroxylation sites is 1. The second-order valence-corrected chi connectivity index (χ2v) is 5.92. The Kier molecular flexibility index (Phi) is 5.02. The summed E-state index contributed by atoms with van der Waals surface area (Å²) in [6.07, 6.45) is 1.59. The highest BCUT2D eigenvalue weighted by atomic mass is 19.1. The fourth-order valence-corrected chi connectivity index (χ4v) is 2.59. The summed E-state index contributed by atoms with van der Waals surface area (Å²) in [6, 6.07) is 14.9. The van der Waals surface area contributed by atoms with Crippen molar-refractivity contribution >= 4 is 5.97 Å². The van der Waals surface area contributed by atoms with Crippen molar-refractivity contribution in [3.8, 4) is 22.8 Å². The van der Waals surface area contributed by atoms with Gasteiger partial charge in [-0.3, -0.25) is 0 Å². The third-order valence-corrected chi connectivity index (χ3v) is 4.01. The van der Waals surface area contributed by atoms with Crippen LogP contribution < -0.4 is 4.74 Å². The van der Waals surface area contributed by atoms with E-state index < -0.39 is 5.97 Å². The zero-order chi connectivity index (χ0) is 20.2. The maximum Gasteiger partial charge on any atom is 0.363 e. The molecule has 0 saturated heterocycles. The lowest BCUT2D eigenvalue weighted by Crippen LogP contribution is -2.08. The molecule has 4 rings (SSSR count). The molecule has 9 heteroatoms. The number of esters is 1. The number of benzene rings is 2. The van der Waals surface area contributed by atoms with E-state index in [1.807, 2.05) is 30.3 Å².